The number of carbonyl (C=O) groups excluding carboxylic acids is 1. The van der Waals surface area contributed by atoms with E-state index in [9.17, 15) is 4.79 Å². The number of hydrogen-bond donors (Lipinski definition) is 2. The van der Waals surface area contributed by atoms with Gasteiger partial charge in [-0.3, -0.25) is 9.78 Å². The van der Waals surface area contributed by atoms with Gasteiger partial charge >= 0.3 is 0 Å². The van der Waals surface area contributed by atoms with Crippen LogP contribution in [-0.2, 0) is 21.6 Å². The van der Waals surface area contributed by atoms with Gasteiger partial charge in [0, 0.05) is 30.8 Å². The molecular weight excluding hydrogens is 421 g/mol. The summed E-state index contributed by atoms with van der Waals surface area (Å²) in [6, 6.07) is 13.6. The molecule has 2 fully saturated rings. The zero-order chi connectivity index (χ0) is 20.2. The molecule has 2 heterocycles. The van der Waals surface area contributed by atoms with E-state index in [1.54, 1.807) is 6.20 Å². The Morgan fingerprint density at radius 2 is 1.97 bits per heavy atom. The number of amides is 1. The van der Waals surface area contributed by atoms with Crippen molar-refractivity contribution in [3.8, 4) is 0 Å². The van der Waals surface area contributed by atoms with Crippen LogP contribution in [-0.4, -0.2) is 29.6 Å². The molecule has 1 saturated heterocycles. The second-order valence-electron chi connectivity index (χ2n) is 8.24. The van der Waals surface area contributed by atoms with Gasteiger partial charge in [-0.25, -0.2) is 0 Å². The van der Waals surface area contributed by atoms with Gasteiger partial charge in [0.2, 0.25) is 5.91 Å². The summed E-state index contributed by atoms with van der Waals surface area (Å²) in [6.07, 6.45) is 7.83. The predicted octanol–water partition coefficient (Wildman–Crippen LogP) is 4.38. The molecule has 162 valence electrons. The van der Waals surface area contributed by atoms with Gasteiger partial charge in [0.15, 0.2) is 0 Å². The van der Waals surface area contributed by atoms with Gasteiger partial charge in [-0.05, 0) is 49.1 Å². The lowest BCUT2D eigenvalue weighted by Crippen LogP contribution is -2.57. The maximum atomic E-state index is 12.9. The fourth-order valence-corrected chi connectivity index (χ4v) is 5.00. The average molecular weight is 450 g/mol. The Labute approximate surface area is 189 Å². The Bertz CT molecular complexity index is 843. The standard InChI is InChI=1S/C23H28ClN3O2.ClH/c24-19-7-5-6-18(14-19)15-25-16-21(28)27-23(20-8-1-4-12-26-20)11-13-29-22(17-23)9-2-3-10-22;/h1,4-8,12,14,25H,2-3,9-11,13,15-17H2,(H,27,28);1H. The second kappa shape index (κ2) is 10.1. The molecule has 1 unspecified atom stereocenters. The minimum Gasteiger partial charge on any atom is -0.375 e. The van der Waals surface area contributed by atoms with Crippen molar-refractivity contribution < 1.29 is 9.53 Å². The van der Waals surface area contributed by atoms with Crippen molar-refractivity contribution in [2.75, 3.05) is 13.2 Å². The molecular formula is C23H29Cl2N3O2. The third kappa shape index (κ3) is 5.33. The molecule has 1 aliphatic heterocycles. The number of nitrogens with zero attached hydrogens (tertiary/aromatic N) is 1. The molecule has 2 N–H and O–H groups in total. The lowest BCUT2D eigenvalue weighted by Gasteiger charge is -2.46. The smallest absolute Gasteiger partial charge is 0.234 e. The number of halogens is 2. The van der Waals surface area contributed by atoms with Crippen molar-refractivity contribution in [3.63, 3.8) is 0 Å². The van der Waals surface area contributed by atoms with Gasteiger partial charge in [-0.15, -0.1) is 12.4 Å². The highest BCUT2D eigenvalue weighted by Gasteiger charge is 2.49. The predicted molar refractivity (Wildman–Crippen MR) is 121 cm³/mol. The molecule has 1 atom stereocenters. The van der Waals surface area contributed by atoms with Crippen LogP contribution in [0.2, 0.25) is 5.02 Å². The quantitative estimate of drug-likeness (QED) is 0.686. The van der Waals surface area contributed by atoms with E-state index in [0.717, 1.165) is 36.9 Å². The zero-order valence-corrected chi connectivity index (χ0v) is 18.6. The van der Waals surface area contributed by atoms with E-state index in [-0.39, 0.29) is 30.5 Å². The molecule has 1 saturated carbocycles. The molecule has 4 rings (SSSR count). The molecule has 1 aromatic heterocycles. The van der Waals surface area contributed by atoms with E-state index >= 15 is 0 Å². The third-order valence-corrected chi connectivity index (χ3v) is 6.35. The average Bonchev–Trinajstić information content (AvgIpc) is 3.16. The van der Waals surface area contributed by atoms with Gasteiger partial charge in [-0.2, -0.15) is 0 Å². The van der Waals surface area contributed by atoms with Crippen molar-refractivity contribution in [2.24, 2.45) is 0 Å². The minimum absolute atomic E-state index is 0. The summed E-state index contributed by atoms with van der Waals surface area (Å²) in [5, 5.41) is 7.25. The highest BCUT2D eigenvalue weighted by Crippen LogP contribution is 2.46. The van der Waals surface area contributed by atoms with E-state index < -0.39 is 5.54 Å². The maximum absolute atomic E-state index is 12.9. The number of nitrogens with one attached hydrogen (secondary N) is 2. The number of hydrogen-bond acceptors (Lipinski definition) is 4. The molecule has 0 bridgehead atoms. The van der Waals surface area contributed by atoms with E-state index in [2.05, 4.69) is 15.6 Å². The Morgan fingerprint density at radius 1 is 1.13 bits per heavy atom. The Kier molecular flexibility index (Phi) is 7.75. The molecule has 1 aliphatic carbocycles. The highest BCUT2D eigenvalue weighted by molar-refractivity contribution is 6.30. The van der Waals surface area contributed by atoms with E-state index in [0.29, 0.717) is 18.2 Å². The van der Waals surface area contributed by atoms with Crippen molar-refractivity contribution in [3.05, 3.63) is 64.9 Å². The van der Waals surface area contributed by atoms with Crippen LogP contribution in [0, 0.1) is 0 Å². The summed E-state index contributed by atoms with van der Waals surface area (Å²) in [7, 11) is 0. The van der Waals surface area contributed by atoms with Gasteiger partial charge in [0.25, 0.3) is 0 Å². The van der Waals surface area contributed by atoms with Crippen LogP contribution in [0.15, 0.2) is 48.7 Å². The Hall–Kier alpha value is -1.66. The SMILES string of the molecule is Cl.O=C(CNCc1cccc(Cl)c1)NC1(c2ccccn2)CCOC2(CCCC2)C1. The fraction of sp³-hybridized carbons (Fsp3) is 0.478. The van der Waals surface area contributed by atoms with Crippen molar-refractivity contribution in [2.45, 2.75) is 56.2 Å². The van der Waals surface area contributed by atoms with Crippen LogP contribution in [0.5, 0.6) is 0 Å². The van der Waals surface area contributed by atoms with Crippen molar-refractivity contribution >= 4 is 29.9 Å². The van der Waals surface area contributed by atoms with Crippen molar-refractivity contribution in [1.82, 2.24) is 15.6 Å². The number of aromatic nitrogens is 1. The Morgan fingerprint density at radius 3 is 2.70 bits per heavy atom. The minimum atomic E-state index is -0.474. The Balaban J connectivity index is 0.00000256. The van der Waals surface area contributed by atoms with Crippen LogP contribution in [0.4, 0.5) is 0 Å². The molecule has 7 heteroatoms. The van der Waals surface area contributed by atoms with Crippen LogP contribution in [0.25, 0.3) is 0 Å². The van der Waals surface area contributed by atoms with Gasteiger partial charge < -0.3 is 15.4 Å². The summed E-state index contributed by atoms with van der Waals surface area (Å²) >= 11 is 6.03. The summed E-state index contributed by atoms with van der Waals surface area (Å²) in [5.74, 6) is -0.0206. The van der Waals surface area contributed by atoms with Gasteiger partial charge in [0.05, 0.1) is 23.4 Å². The van der Waals surface area contributed by atoms with Gasteiger partial charge in [0.1, 0.15) is 0 Å². The van der Waals surface area contributed by atoms with Crippen LogP contribution >= 0.6 is 24.0 Å². The lowest BCUT2D eigenvalue weighted by atomic mass is 9.76. The molecule has 30 heavy (non-hydrogen) atoms. The topological polar surface area (TPSA) is 63.2 Å². The number of rotatable bonds is 6. The summed E-state index contributed by atoms with van der Waals surface area (Å²) in [4.78, 5) is 17.5. The molecule has 1 amide bonds. The number of ether oxygens (including phenoxy) is 1. The van der Waals surface area contributed by atoms with E-state index in [1.165, 1.54) is 12.8 Å². The molecule has 2 aliphatic rings. The summed E-state index contributed by atoms with van der Waals surface area (Å²) < 4.78 is 6.23. The summed E-state index contributed by atoms with van der Waals surface area (Å²) in [6.45, 7) is 1.49. The van der Waals surface area contributed by atoms with Crippen LogP contribution < -0.4 is 10.6 Å². The zero-order valence-electron chi connectivity index (χ0n) is 17.0. The lowest BCUT2D eigenvalue weighted by molar-refractivity contribution is -0.132. The monoisotopic (exact) mass is 449 g/mol. The van der Waals surface area contributed by atoms with Gasteiger partial charge in [-0.1, -0.05) is 42.6 Å². The van der Waals surface area contributed by atoms with Crippen LogP contribution in [0.3, 0.4) is 0 Å². The third-order valence-electron chi connectivity index (χ3n) is 6.11. The molecule has 5 nitrogen and oxygen atoms in total. The first-order chi connectivity index (χ1) is 14.1. The largest absolute Gasteiger partial charge is 0.375 e. The normalized spacial score (nSPS) is 22.4. The first kappa shape index (κ1) is 23.0. The van der Waals surface area contributed by atoms with Crippen LogP contribution in [0.1, 0.15) is 49.8 Å². The molecule has 2 aromatic rings. The first-order valence-electron chi connectivity index (χ1n) is 10.4. The maximum Gasteiger partial charge on any atom is 0.234 e. The van der Waals surface area contributed by atoms with E-state index in [4.69, 9.17) is 16.3 Å². The summed E-state index contributed by atoms with van der Waals surface area (Å²) in [5.41, 5.74) is 1.38. The molecule has 0 radical (unpaired) electrons. The number of carbonyl (C=O) groups is 1. The molecule has 1 aromatic carbocycles. The second-order valence-corrected chi connectivity index (χ2v) is 8.68. The number of benzene rings is 1. The molecule has 1 spiro atoms. The van der Waals surface area contributed by atoms with Crippen molar-refractivity contribution in [1.29, 1.82) is 0 Å². The highest BCUT2D eigenvalue weighted by atomic mass is 35.5. The fourth-order valence-electron chi connectivity index (χ4n) is 4.79. The first-order valence-corrected chi connectivity index (χ1v) is 10.8. The van der Waals surface area contributed by atoms with E-state index in [1.807, 2.05) is 42.5 Å². The number of pyridine rings is 1.